The van der Waals surface area contributed by atoms with Crippen LogP contribution in [-0.4, -0.2) is 26.8 Å². The number of epoxide rings is 1. The molecule has 0 amide bonds. The van der Waals surface area contributed by atoms with E-state index in [0.29, 0.717) is 6.61 Å². The van der Waals surface area contributed by atoms with Crippen LogP contribution in [0.1, 0.15) is 6.92 Å². The van der Waals surface area contributed by atoms with Crippen molar-refractivity contribution in [2.24, 2.45) is 0 Å². The molecule has 1 aliphatic rings. The van der Waals surface area contributed by atoms with Crippen molar-refractivity contribution in [3.8, 4) is 0 Å². The Morgan fingerprint density at radius 1 is 1.33 bits per heavy atom. The maximum atomic E-state index is 11.7. The van der Waals surface area contributed by atoms with Gasteiger partial charge in [0.1, 0.15) is 0 Å². The van der Waals surface area contributed by atoms with E-state index in [1.165, 1.54) is 0 Å². The predicted molar refractivity (Wildman–Crippen MR) is 51.0 cm³/mol. The second-order valence-corrected chi connectivity index (χ2v) is 3.33. The molecule has 1 N–H and O–H groups in total. The number of ether oxygens (including phenoxy) is 1. The Labute approximate surface area is 83.9 Å². The molecule has 1 aromatic heterocycles. The summed E-state index contributed by atoms with van der Waals surface area (Å²) in [5.74, 6) is 0. The molecule has 0 aromatic carbocycles. The average Bonchev–Trinajstić information content (AvgIpc) is 2.96. The molecule has 7 heteroatoms. The van der Waals surface area contributed by atoms with Gasteiger partial charge in [-0.1, -0.05) is 0 Å². The quantitative estimate of drug-likeness (QED) is 0.595. The molecule has 1 aromatic rings. The number of aromatic amines is 1. The molecule has 15 heavy (non-hydrogen) atoms. The van der Waals surface area contributed by atoms with E-state index in [1.807, 2.05) is 0 Å². The van der Waals surface area contributed by atoms with Gasteiger partial charge in [0.25, 0.3) is 0 Å². The van der Waals surface area contributed by atoms with E-state index in [-0.39, 0.29) is 19.2 Å². The van der Waals surface area contributed by atoms with Crippen molar-refractivity contribution in [2.75, 3.05) is 6.61 Å². The Morgan fingerprint density at radius 3 is 2.47 bits per heavy atom. The van der Waals surface area contributed by atoms with Crippen LogP contribution >= 0.6 is 0 Å². The third-order valence-electron chi connectivity index (χ3n) is 2.27. The van der Waals surface area contributed by atoms with Crippen molar-refractivity contribution in [3.63, 3.8) is 0 Å². The van der Waals surface area contributed by atoms with E-state index in [0.717, 1.165) is 9.13 Å². The molecular weight excluding hydrogens is 202 g/mol. The summed E-state index contributed by atoms with van der Waals surface area (Å²) < 4.78 is 6.89. The lowest BCUT2D eigenvalue weighted by atomic mass is 10.5. The monoisotopic (exact) mass is 213 g/mol. The lowest BCUT2D eigenvalue weighted by Crippen LogP contribution is -2.49. The number of hydrogen-bond acceptors (Lipinski definition) is 4. The third kappa shape index (κ3) is 1.78. The first-order valence-corrected chi connectivity index (χ1v) is 4.69. The van der Waals surface area contributed by atoms with E-state index in [9.17, 15) is 14.4 Å². The lowest BCUT2D eigenvalue weighted by Gasteiger charge is -2.04. The standard InChI is InChI=1S/C8H11N3O4/c1-2-10-6(12)9-7(13)11(8(10)14)3-5-4-15-5/h5H,2-4H2,1H3,(H,9,12,13). The molecular formula is C8H11N3O4. The molecule has 2 heterocycles. The van der Waals surface area contributed by atoms with E-state index in [1.54, 1.807) is 6.92 Å². The zero-order chi connectivity index (χ0) is 11.0. The van der Waals surface area contributed by atoms with Crippen molar-refractivity contribution in [1.82, 2.24) is 14.1 Å². The van der Waals surface area contributed by atoms with Crippen LogP contribution in [0.4, 0.5) is 0 Å². The van der Waals surface area contributed by atoms with Gasteiger partial charge in [-0.2, -0.15) is 0 Å². The van der Waals surface area contributed by atoms with Gasteiger partial charge in [-0.05, 0) is 6.92 Å². The summed E-state index contributed by atoms with van der Waals surface area (Å²) in [6.45, 7) is 2.66. The topological polar surface area (TPSA) is 89.4 Å². The molecule has 0 spiro atoms. The molecule has 1 unspecified atom stereocenters. The highest BCUT2D eigenvalue weighted by atomic mass is 16.6. The van der Waals surface area contributed by atoms with Crippen molar-refractivity contribution >= 4 is 0 Å². The average molecular weight is 213 g/mol. The fourth-order valence-corrected chi connectivity index (χ4v) is 1.36. The van der Waals surface area contributed by atoms with E-state index in [4.69, 9.17) is 4.74 Å². The van der Waals surface area contributed by atoms with Gasteiger partial charge in [0.2, 0.25) is 0 Å². The maximum Gasteiger partial charge on any atom is 0.336 e. The second kappa shape index (κ2) is 3.50. The SMILES string of the molecule is CCn1c(=O)[nH]c(=O)n(CC2CO2)c1=O. The third-order valence-corrected chi connectivity index (χ3v) is 2.27. The second-order valence-electron chi connectivity index (χ2n) is 3.33. The van der Waals surface area contributed by atoms with E-state index < -0.39 is 17.1 Å². The Morgan fingerprint density at radius 2 is 1.93 bits per heavy atom. The first-order valence-electron chi connectivity index (χ1n) is 4.69. The molecule has 7 nitrogen and oxygen atoms in total. The predicted octanol–water partition coefficient (Wildman–Crippen LogP) is -1.88. The van der Waals surface area contributed by atoms with Gasteiger partial charge in [-0.15, -0.1) is 0 Å². The highest BCUT2D eigenvalue weighted by Crippen LogP contribution is 2.08. The van der Waals surface area contributed by atoms with Crippen LogP contribution in [0.15, 0.2) is 14.4 Å². The number of H-pyrrole nitrogens is 1. The van der Waals surface area contributed by atoms with Gasteiger partial charge in [0, 0.05) is 6.54 Å². The minimum atomic E-state index is -0.676. The van der Waals surface area contributed by atoms with E-state index in [2.05, 4.69) is 4.98 Å². The first-order chi connectivity index (χ1) is 7.13. The lowest BCUT2D eigenvalue weighted by molar-refractivity contribution is 0.368. The van der Waals surface area contributed by atoms with Crippen LogP contribution in [-0.2, 0) is 17.8 Å². The van der Waals surface area contributed by atoms with Crippen LogP contribution in [0.3, 0.4) is 0 Å². The van der Waals surface area contributed by atoms with Gasteiger partial charge in [0.15, 0.2) is 0 Å². The van der Waals surface area contributed by atoms with Gasteiger partial charge in [-0.3, -0.25) is 4.98 Å². The van der Waals surface area contributed by atoms with Crippen LogP contribution in [0.2, 0.25) is 0 Å². The largest absolute Gasteiger partial charge is 0.371 e. The first kappa shape index (κ1) is 9.91. The Kier molecular flexibility index (Phi) is 2.31. The van der Waals surface area contributed by atoms with Crippen molar-refractivity contribution < 1.29 is 4.74 Å². The van der Waals surface area contributed by atoms with Crippen LogP contribution in [0.25, 0.3) is 0 Å². The minimum Gasteiger partial charge on any atom is -0.371 e. The fourth-order valence-electron chi connectivity index (χ4n) is 1.36. The Bertz CT molecular complexity index is 534. The zero-order valence-corrected chi connectivity index (χ0v) is 8.23. The summed E-state index contributed by atoms with van der Waals surface area (Å²) in [6.07, 6.45) is -0.0772. The number of aromatic nitrogens is 3. The highest BCUT2D eigenvalue weighted by Gasteiger charge is 2.25. The summed E-state index contributed by atoms with van der Waals surface area (Å²) in [4.78, 5) is 36.3. The minimum absolute atomic E-state index is 0.0772. The smallest absolute Gasteiger partial charge is 0.336 e. The van der Waals surface area contributed by atoms with Crippen molar-refractivity contribution in [3.05, 3.63) is 31.5 Å². The molecule has 1 fully saturated rings. The normalized spacial score (nSPS) is 19.1. The molecule has 1 atom stereocenters. The van der Waals surface area contributed by atoms with Gasteiger partial charge < -0.3 is 4.74 Å². The van der Waals surface area contributed by atoms with E-state index >= 15 is 0 Å². The number of hydrogen-bond donors (Lipinski definition) is 1. The number of rotatable bonds is 3. The highest BCUT2D eigenvalue weighted by molar-refractivity contribution is 4.78. The maximum absolute atomic E-state index is 11.7. The molecule has 0 aliphatic carbocycles. The molecule has 0 radical (unpaired) electrons. The molecule has 0 bridgehead atoms. The Balaban J connectivity index is 2.57. The number of nitrogens with one attached hydrogen (secondary N) is 1. The van der Waals surface area contributed by atoms with Crippen LogP contribution in [0.5, 0.6) is 0 Å². The van der Waals surface area contributed by atoms with Crippen molar-refractivity contribution in [1.29, 1.82) is 0 Å². The molecule has 1 saturated heterocycles. The van der Waals surface area contributed by atoms with Crippen LogP contribution in [0, 0.1) is 0 Å². The fraction of sp³-hybridized carbons (Fsp3) is 0.625. The summed E-state index contributed by atoms with van der Waals surface area (Å²) in [5, 5.41) is 0. The zero-order valence-electron chi connectivity index (χ0n) is 8.23. The van der Waals surface area contributed by atoms with Gasteiger partial charge in [0.05, 0.1) is 19.3 Å². The number of nitrogens with zero attached hydrogens (tertiary/aromatic N) is 2. The Hall–Kier alpha value is -1.63. The summed E-state index contributed by atoms with van der Waals surface area (Å²) in [6, 6.07) is 0. The van der Waals surface area contributed by atoms with Crippen molar-refractivity contribution in [2.45, 2.75) is 26.1 Å². The molecule has 0 saturated carbocycles. The molecule has 1 aliphatic heterocycles. The molecule has 82 valence electrons. The van der Waals surface area contributed by atoms with Gasteiger partial charge in [-0.25, -0.2) is 23.5 Å². The van der Waals surface area contributed by atoms with Gasteiger partial charge >= 0.3 is 17.1 Å². The summed E-state index contributed by atoms with van der Waals surface area (Å²) in [5.41, 5.74) is -1.92. The summed E-state index contributed by atoms with van der Waals surface area (Å²) >= 11 is 0. The summed E-state index contributed by atoms with van der Waals surface area (Å²) in [7, 11) is 0. The van der Waals surface area contributed by atoms with Crippen LogP contribution < -0.4 is 17.1 Å². The molecule has 2 rings (SSSR count).